The molecule has 2 N–H and O–H groups in total. The summed E-state index contributed by atoms with van der Waals surface area (Å²) in [5.41, 5.74) is 12.0. The van der Waals surface area contributed by atoms with E-state index >= 15 is 0 Å². The second kappa shape index (κ2) is 8.26. The van der Waals surface area contributed by atoms with Crippen LogP contribution in [0.3, 0.4) is 0 Å². The molecule has 3 aromatic rings. The molecule has 5 nitrogen and oxygen atoms in total. The van der Waals surface area contributed by atoms with Crippen molar-refractivity contribution in [1.29, 1.82) is 0 Å². The van der Waals surface area contributed by atoms with Gasteiger partial charge in [-0.15, -0.1) is 0 Å². The number of rotatable bonds is 4. The van der Waals surface area contributed by atoms with Crippen LogP contribution in [0, 0.1) is 0 Å². The molecule has 2 saturated heterocycles. The fourth-order valence-corrected chi connectivity index (χ4v) is 5.87. The number of hydrogen-bond donors (Lipinski definition) is 2. The van der Waals surface area contributed by atoms with E-state index in [0.717, 1.165) is 54.1 Å². The van der Waals surface area contributed by atoms with Gasteiger partial charge in [0.05, 0.1) is 17.1 Å². The molecule has 2 fully saturated rings. The third kappa shape index (κ3) is 3.60. The summed E-state index contributed by atoms with van der Waals surface area (Å²) in [5, 5.41) is 7.16. The highest BCUT2D eigenvalue weighted by Crippen LogP contribution is 2.35. The van der Waals surface area contributed by atoms with Gasteiger partial charge >= 0.3 is 0 Å². The number of aliphatic imine (C=N–C) groups is 2. The molecule has 0 bridgehead atoms. The van der Waals surface area contributed by atoms with Crippen LogP contribution in [0.1, 0.15) is 36.8 Å². The van der Waals surface area contributed by atoms with Crippen LogP contribution in [0.4, 0.5) is 11.4 Å². The van der Waals surface area contributed by atoms with Crippen LogP contribution in [-0.2, 0) is 12.8 Å². The standard InChI is InChI=1S/C29H29N5/c1-3-26(30-11-1)28-15-21-13-18(5-9-24(21)33-28)20-7-8-23(32-17-20)19-6-10-25-22(14-19)16-29(34-25)27-4-2-12-31-27/h5-10,13-14,17,26-27,30-31H,1-4,11-12,15-16H2/t26-,27-/m0/s1. The SMILES string of the molecule is c1cc(-c2ccc3c(c2)CC([C@@H]2CCCN2)=N3)ncc1-c1ccc2c(c1)CC([C@@H]1CCCN1)=N2. The number of nitrogens with one attached hydrogen (secondary N) is 2. The predicted octanol–water partition coefficient (Wildman–Crippen LogP) is 5.18. The van der Waals surface area contributed by atoms with Crippen LogP contribution in [0.2, 0.25) is 0 Å². The first-order valence-corrected chi connectivity index (χ1v) is 12.6. The van der Waals surface area contributed by atoms with Crippen molar-refractivity contribution < 1.29 is 0 Å². The number of fused-ring (bicyclic) bond motifs is 2. The van der Waals surface area contributed by atoms with E-state index < -0.39 is 0 Å². The number of benzene rings is 2. The largest absolute Gasteiger partial charge is 0.309 e. The maximum absolute atomic E-state index is 4.91. The van der Waals surface area contributed by atoms with Gasteiger partial charge in [-0.1, -0.05) is 18.2 Å². The van der Waals surface area contributed by atoms with E-state index in [1.54, 1.807) is 0 Å². The van der Waals surface area contributed by atoms with Crippen LogP contribution < -0.4 is 10.6 Å². The lowest BCUT2D eigenvalue weighted by atomic mass is 9.98. The minimum Gasteiger partial charge on any atom is -0.309 e. The Kier molecular flexibility index (Phi) is 4.92. The molecule has 7 rings (SSSR count). The molecule has 34 heavy (non-hydrogen) atoms. The maximum Gasteiger partial charge on any atom is 0.0702 e. The van der Waals surface area contributed by atoms with Gasteiger partial charge in [-0.3, -0.25) is 15.0 Å². The van der Waals surface area contributed by atoms with E-state index in [0.29, 0.717) is 12.1 Å². The number of hydrogen-bond acceptors (Lipinski definition) is 5. The third-order valence-electron chi connectivity index (χ3n) is 7.75. The van der Waals surface area contributed by atoms with E-state index in [1.165, 1.54) is 53.8 Å². The van der Waals surface area contributed by atoms with E-state index in [2.05, 4.69) is 59.2 Å². The molecule has 4 aliphatic rings. The Hall–Kier alpha value is -3.15. The van der Waals surface area contributed by atoms with Gasteiger partial charge in [0.15, 0.2) is 0 Å². The molecular weight excluding hydrogens is 418 g/mol. The molecule has 0 saturated carbocycles. The third-order valence-corrected chi connectivity index (χ3v) is 7.75. The smallest absolute Gasteiger partial charge is 0.0702 e. The molecule has 2 atom stereocenters. The summed E-state index contributed by atoms with van der Waals surface area (Å²) < 4.78 is 0. The fraction of sp³-hybridized carbons (Fsp3) is 0.345. The van der Waals surface area contributed by atoms with Crippen molar-refractivity contribution in [2.45, 2.75) is 50.6 Å². The Labute approximate surface area is 200 Å². The lowest BCUT2D eigenvalue weighted by Gasteiger charge is -2.09. The molecule has 0 amide bonds. The van der Waals surface area contributed by atoms with Crippen molar-refractivity contribution >= 4 is 22.8 Å². The van der Waals surface area contributed by atoms with E-state index in [4.69, 9.17) is 15.0 Å². The van der Waals surface area contributed by atoms with Gasteiger partial charge in [0, 0.05) is 53.7 Å². The second-order valence-corrected chi connectivity index (χ2v) is 9.98. The van der Waals surface area contributed by atoms with Crippen LogP contribution >= 0.6 is 0 Å². The van der Waals surface area contributed by atoms with Crippen molar-refractivity contribution in [3.8, 4) is 22.4 Å². The summed E-state index contributed by atoms with van der Waals surface area (Å²) in [4.78, 5) is 14.6. The summed E-state index contributed by atoms with van der Waals surface area (Å²) in [7, 11) is 0. The molecule has 4 aliphatic heterocycles. The molecule has 2 aromatic carbocycles. The summed E-state index contributed by atoms with van der Waals surface area (Å²) >= 11 is 0. The van der Waals surface area contributed by atoms with Crippen LogP contribution in [0.25, 0.3) is 22.4 Å². The molecule has 1 aromatic heterocycles. The Morgan fingerprint density at radius 3 is 1.79 bits per heavy atom. The molecule has 0 unspecified atom stereocenters. The lowest BCUT2D eigenvalue weighted by Crippen LogP contribution is -2.30. The Morgan fingerprint density at radius 1 is 0.647 bits per heavy atom. The van der Waals surface area contributed by atoms with Gasteiger partial charge in [0.2, 0.25) is 0 Å². The van der Waals surface area contributed by atoms with Crippen molar-refractivity contribution in [3.63, 3.8) is 0 Å². The molecule has 0 spiro atoms. The Balaban J connectivity index is 1.08. The quantitative estimate of drug-likeness (QED) is 0.580. The fourth-order valence-electron chi connectivity index (χ4n) is 5.87. The van der Waals surface area contributed by atoms with E-state index in [1.807, 2.05) is 6.20 Å². The minimum atomic E-state index is 0.455. The second-order valence-electron chi connectivity index (χ2n) is 9.98. The van der Waals surface area contributed by atoms with Gasteiger partial charge in [0.1, 0.15) is 0 Å². The summed E-state index contributed by atoms with van der Waals surface area (Å²) in [6.07, 6.45) is 8.83. The zero-order chi connectivity index (χ0) is 22.5. The predicted molar refractivity (Wildman–Crippen MR) is 139 cm³/mol. The summed E-state index contributed by atoms with van der Waals surface area (Å²) in [5.74, 6) is 0. The summed E-state index contributed by atoms with van der Waals surface area (Å²) in [6, 6.07) is 18.5. The average molecular weight is 448 g/mol. The summed E-state index contributed by atoms with van der Waals surface area (Å²) in [6.45, 7) is 2.22. The monoisotopic (exact) mass is 447 g/mol. The molecule has 5 heterocycles. The normalized spacial score (nSPS) is 23.1. The van der Waals surface area contributed by atoms with Gasteiger partial charge in [0.25, 0.3) is 0 Å². The molecule has 170 valence electrons. The first kappa shape index (κ1) is 20.2. The van der Waals surface area contributed by atoms with Crippen LogP contribution in [0.5, 0.6) is 0 Å². The van der Waals surface area contributed by atoms with Crippen molar-refractivity contribution in [1.82, 2.24) is 15.6 Å². The van der Waals surface area contributed by atoms with Crippen molar-refractivity contribution in [2.75, 3.05) is 13.1 Å². The Bertz CT molecular complexity index is 1210. The van der Waals surface area contributed by atoms with E-state index in [-0.39, 0.29) is 0 Å². The van der Waals surface area contributed by atoms with Gasteiger partial charge in [-0.2, -0.15) is 0 Å². The Morgan fingerprint density at radius 2 is 1.24 bits per heavy atom. The zero-order valence-corrected chi connectivity index (χ0v) is 19.3. The van der Waals surface area contributed by atoms with Crippen LogP contribution in [-0.4, -0.2) is 41.6 Å². The molecular formula is C29H29N5. The first-order valence-electron chi connectivity index (χ1n) is 12.6. The van der Waals surface area contributed by atoms with Gasteiger partial charge in [-0.05, 0) is 85.8 Å². The lowest BCUT2D eigenvalue weighted by molar-refractivity contribution is 0.755. The number of nitrogens with zero attached hydrogens (tertiary/aromatic N) is 3. The molecule has 5 heteroatoms. The van der Waals surface area contributed by atoms with Crippen LogP contribution in [0.15, 0.2) is 64.7 Å². The van der Waals surface area contributed by atoms with Gasteiger partial charge < -0.3 is 10.6 Å². The van der Waals surface area contributed by atoms with Crippen molar-refractivity contribution in [3.05, 3.63) is 65.9 Å². The highest BCUT2D eigenvalue weighted by molar-refractivity contribution is 5.99. The topological polar surface area (TPSA) is 61.7 Å². The number of pyridine rings is 1. The number of aromatic nitrogens is 1. The first-order chi connectivity index (χ1) is 16.8. The average Bonchev–Trinajstić information content (AvgIpc) is 3.69. The maximum atomic E-state index is 4.91. The highest BCUT2D eigenvalue weighted by atomic mass is 15.0. The van der Waals surface area contributed by atoms with E-state index in [9.17, 15) is 0 Å². The molecule has 0 aliphatic carbocycles. The zero-order valence-electron chi connectivity index (χ0n) is 19.3. The highest BCUT2D eigenvalue weighted by Gasteiger charge is 2.26. The minimum absolute atomic E-state index is 0.455. The van der Waals surface area contributed by atoms with Gasteiger partial charge in [-0.25, -0.2) is 0 Å². The van der Waals surface area contributed by atoms with Crippen molar-refractivity contribution in [2.24, 2.45) is 9.98 Å². The molecule has 0 radical (unpaired) electrons.